The summed E-state index contributed by atoms with van der Waals surface area (Å²) in [5.74, 6) is 10.6. The summed E-state index contributed by atoms with van der Waals surface area (Å²) in [7, 11) is -2.16. The summed E-state index contributed by atoms with van der Waals surface area (Å²) in [4.78, 5) is 8.42. The van der Waals surface area contributed by atoms with Crippen LogP contribution in [0.15, 0.2) is 0 Å². The van der Waals surface area contributed by atoms with E-state index in [-0.39, 0.29) is 35.9 Å². The predicted molar refractivity (Wildman–Crippen MR) is 87.3 cm³/mol. The second kappa shape index (κ2) is 22.3. The Labute approximate surface area is 121 Å². The highest BCUT2D eigenvalue weighted by Gasteiger charge is 2.03. The highest BCUT2D eigenvalue weighted by Crippen LogP contribution is 2.09. The van der Waals surface area contributed by atoms with E-state index in [2.05, 4.69) is 30.6 Å². The highest BCUT2D eigenvalue weighted by atomic mass is 31.1. The molecule has 0 aromatic heterocycles. The number of hydrogen-bond acceptors (Lipinski definition) is 2. The molecule has 0 saturated heterocycles. The van der Waals surface area contributed by atoms with E-state index >= 15 is 0 Å². The minimum atomic E-state index is -2.16. The van der Waals surface area contributed by atoms with Gasteiger partial charge in [0, 0.05) is 0 Å². The van der Waals surface area contributed by atoms with Gasteiger partial charge in [-0.25, -0.2) is 0 Å². The van der Waals surface area contributed by atoms with Crippen LogP contribution >= 0.6 is 8.03 Å². The fourth-order valence-electron chi connectivity index (χ4n) is 0.869. The molecule has 114 valence electrons. The molecule has 19 heavy (non-hydrogen) atoms. The first-order chi connectivity index (χ1) is 7.16. The summed E-state index contributed by atoms with van der Waals surface area (Å²) in [5.41, 5.74) is 0. The minimum Gasteiger partial charge on any atom is -0.380 e. The third kappa shape index (κ3) is 26.7. The van der Waals surface area contributed by atoms with Crippen LogP contribution < -0.4 is 0 Å². The van der Waals surface area contributed by atoms with Crippen LogP contribution in [0.5, 0.6) is 0 Å². The molecule has 2 atom stereocenters. The van der Waals surface area contributed by atoms with E-state index in [4.69, 9.17) is 4.89 Å². The van der Waals surface area contributed by atoms with Gasteiger partial charge < -0.3 is 5.11 Å². The SMILES string of the molecule is C.C.C.C.CCCC[C@@H](O)C#CCC#CC[P+](=O)O. The second-order valence-corrected chi connectivity index (χ2v) is 4.04. The third-order valence-corrected chi connectivity index (χ3v) is 2.04. The number of aliphatic hydroxyl groups excluding tert-OH is 1. The lowest BCUT2D eigenvalue weighted by atomic mass is 10.2. The Kier molecular flexibility index (Phi) is 36.3. The van der Waals surface area contributed by atoms with Gasteiger partial charge in [0.05, 0.1) is 6.42 Å². The average Bonchev–Trinajstić information content (AvgIpc) is 2.19. The van der Waals surface area contributed by atoms with Crippen LogP contribution in [-0.2, 0) is 4.57 Å². The number of unbranched alkanes of at least 4 members (excludes halogenated alkanes) is 1. The van der Waals surface area contributed by atoms with Crippen LogP contribution in [0, 0.1) is 23.7 Å². The van der Waals surface area contributed by atoms with Gasteiger partial charge in [0.2, 0.25) is 6.16 Å². The standard InChI is InChI=1S/C11H15O3P.4CH4/c1-2-3-8-11(12)9-6-4-5-7-10-15(13)14;;;;/h11-12H,2-4,8,10H2,1H3;4*1H4/p+1/t11-;;;;/m1..../s1. The van der Waals surface area contributed by atoms with Gasteiger partial charge in [-0.1, -0.05) is 67.2 Å². The summed E-state index contributed by atoms with van der Waals surface area (Å²) in [6.45, 7) is 2.06. The van der Waals surface area contributed by atoms with Crippen LogP contribution in [0.25, 0.3) is 0 Å². The largest absolute Gasteiger partial charge is 0.518 e. The zero-order chi connectivity index (χ0) is 11.5. The summed E-state index contributed by atoms with van der Waals surface area (Å²) >= 11 is 0. The molecule has 0 amide bonds. The van der Waals surface area contributed by atoms with E-state index in [0.29, 0.717) is 12.8 Å². The van der Waals surface area contributed by atoms with Crippen molar-refractivity contribution in [2.24, 2.45) is 0 Å². The maximum atomic E-state index is 10.2. The Bertz CT molecular complexity index is 305. The van der Waals surface area contributed by atoms with E-state index in [1.807, 2.05) is 0 Å². The number of hydrogen-bond donors (Lipinski definition) is 2. The van der Waals surface area contributed by atoms with Gasteiger partial charge in [0.15, 0.2) is 0 Å². The fraction of sp³-hybridized carbons (Fsp3) is 0.733. The number of aliphatic hydroxyl groups is 1. The molecule has 0 aliphatic heterocycles. The average molecular weight is 291 g/mol. The summed E-state index contributed by atoms with van der Waals surface area (Å²) < 4.78 is 10.2. The molecule has 0 bridgehead atoms. The molecule has 2 N–H and O–H groups in total. The molecule has 0 aromatic rings. The van der Waals surface area contributed by atoms with E-state index in [1.165, 1.54) is 0 Å². The molecule has 0 heterocycles. The zero-order valence-electron chi connectivity index (χ0n) is 8.86. The lowest BCUT2D eigenvalue weighted by Gasteiger charge is -1.98. The van der Waals surface area contributed by atoms with Gasteiger partial charge in [0.1, 0.15) is 6.10 Å². The Morgan fingerprint density at radius 1 is 1.11 bits per heavy atom. The van der Waals surface area contributed by atoms with E-state index in [9.17, 15) is 9.67 Å². The first-order valence-electron chi connectivity index (χ1n) is 4.92. The molecule has 4 heteroatoms. The lowest BCUT2D eigenvalue weighted by molar-refractivity contribution is 0.218. The smallest absolute Gasteiger partial charge is 0.380 e. The Balaban J connectivity index is -0.000000163. The summed E-state index contributed by atoms with van der Waals surface area (Å²) in [5, 5.41) is 9.32. The van der Waals surface area contributed by atoms with E-state index < -0.39 is 14.1 Å². The lowest BCUT2D eigenvalue weighted by Crippen LogP contribution is -2.01. The molecule has 1 unspecified atom stereocenters. The molecule has 0 radical (unpaired) electrons. The molecule has 0 rings (SSSR count). The van der Waals surface area contributed by atoms with Gasteiger partial charge in [-0.2, -0.15) is 4.89 Å². The third-order valence-electron chi connectivity index (χ3n) is 1.62. The monoisotopic (exact) mass is 291 g/mol. The van der Waals surface area contributed by atoms with Crippen molar-refractivity contribution in [1.29, 1.82) is 0 Å². The minimum absolute atomic E-state index is 0. The normalized spacial score (nSPS) is 9.32. The maximum absolute atomic E-state index is 10.2. The quantitative estimate of drug-likeness (QED) is 0.602. The molecule has 0 aliphatic rings. The molecule has 0 saturated carbocycles. The van der Waals surface area contributed by atoms with Crippen molar-refractivity contribution in [2.45, 2.75) is 68.4 Å². The molecule has 0 fully saturated rings. The van der Waals surface area contributed by atoms with Crippen LogP contribution in [0.1, 0.15) is 62.3 Å². The highest BCUT2D eigenvalue weighted by molar-refractivity contribution is 7.38. The van der Waals surface area contributed by atoms with Crippen LogP contribution in [-0.4, -0.2) is 22.3 Å². The number of rotatable bonds is 4. The predicted octanol–water partition coefficient (Wildman–Crippen LogP) is 4.21. The van der Waals surface area contributed by atoms with Crippen molar-refractivity contribution < 1.29 is 14.6 Å². The van der Waals surface area contributed by atoms with Crippen molar-refractivity contribution in [3.63, 3.8) is 0 Å². The Morgan fingerprint density at radius 2 is 1.68 bits per heavy atom. The molecule has 0 spiro atoms. The van der Waals surface area contributed by atoms with Crippen molar-refractivity contribution in [2.75, 3.05) is 6.16 Å². The van der Waals surface area contributed by atoms with Gasteiger partial charge in [0.25, 0.3) is 0 Å². The molecule has 3 nitrogen and oxygen atoms in total. The Hall–Kier alpha value is -0.860. The van der Waals surface area contributed by atoms with Crippen molar-refractivity contribution in [3.05, 3.63) is 0 Å². The summed E-state index contributed by atoms with van der Waals surface area (Å²) in [6.07, 6.45) is 2.47. The Morgan fingerprint density at radius 3 is 2.16 bits per heavy atom. The second-order valence-electron chi connectivity index (χ2n) is 3.02. The van der Waals surface area contributed by atoms with Crippen molar-refractivity contribution in [3.8, 4) is 23.7 Å². The maximum Gasteiger partial charge on any atom is 0.518 e. The van der Waals surface area contributed by atoms with Gasteiger partial charge in [-0.05, 0) is 16.9 Å². The van der Waals surface area contributed by atoms with E-state index in [1.54, 1.807) is 0 Å². The van der Waals surface area contributed by atoms with Crippen LogP contribution in [0.2, 0.25) is 0 Å². The molecule has 0 aliphatic carbocycles. The first kappa shape index (κ1) is 30.9. The first-order valence-corrected chi connectivity index (χ1v) is 6.32. The topological polar surface area (TPSA) is 57.5 Å². The summed E-state index contributed by atoms with van der Waals surface area (Å²) in [6, 6.07) is 0. The van der Waals surface area contributed by atoms with Gasteiger partial charge in [-0.15, -0.1) is 0 Å². The molecule has 0 aromatic carbocycles. The van der Waals surface area contributed by atoms with E-state index in [0.717, 1.165) is 12.8 Å². The zero-order valence-corrected chi connectivity index (χ0v) is 9.76. The van der Waals surface area contributed by atoms with Crippen LogP contribution in [0.4, 0.5) is 0 Å². The van der Waals surface area contributed by atoms with Gasteiger partial charge in [-0.3, -0.25) is 0 Å². The molecular weight excluding hydrogens is 259 g/mol. The van der Waals surface area contributed by atoms with Crippen LogP contribution in [0.3, 0.4) is 0 Å². The fourth-order valence-corrected chi connectivity index (χ4v) is 1.12. The molecular formula is C15H32O3P+. The van der Waals surface area contributed by atoms with Gasteiger partial charge >= 0.3 is 8.03 Å². The van der Waals surface area contributed by atoms with Crippen molar-refractivity contribution >= 4 is 8.03 Å². The van der Waals surface area contributed by atoms with Crippen molar-refractivity contribution in [1.82, 2.24) is 0 Å².